The zero-order valence-electron chi connectivity index (χ0n) is 11.2. The third kappa shape index (κ3) is 3.84. The predicted octanol–water partition coefficient (Wildman–Crippen LogP) is 2.52. The minimum Gasteiger partial charge on any atom is -0.314 e. The molecule has 0 amide bonds. The quantitative estimate of drug-likeness (QED) is 0.787. The molecule has 3 heteroatoms. The molecule has 0 aromatic carbocycles. The Balaban J connectivity index is 1.84. The maximum atomic E-state index is 4.49. The molecule has 1 atom stereocenters. The van der Waals surface area contributed by atoms with Crippen molar-refractivity contribution in [3.05, 3.63) is 18.0 Å². The van der Waals surface area contributed by atoms with Crippen molar-refractivity contribution in [2.24, 2.45) is 13.0 Å². The number of aryl methyl sites for hydroxylation is 1. The van der Waals surface area contributed by atoms with Crippen LogP contribution in [0.25, 0.3) is 0 Å². The van der Waals surface area contributed by atoms with Crippen LogP contribution in [0, 0.1) is 5.92 Å². The van der Waals surface area contributed by atoms with Crippen LogP contribution in [0.3, 0.4) is 0 Å². The lowest BCUT2D eigenvalue weighted by Crippen LogP contribution is -2.35. The number of nitrogens with one attached hydrogen (secondary N) is 1. The zero-order valence-corrected chi connectivity index (χ0v) is 11.2. The van der Waals surface area contributed by atoms with Gasteiger partial charge in [-0.05, 0) is 31.4 Å². The van der Waals surface area contributed by atoms with Crippen molar-refractivity contribution in [1.82, 2.24) is 15.1 Å². The predicted molar refractivity (Wildman–Crippen MR) is 71.0 cm³/mol. The molecule has 0 spiro atoms. The van der Waals surface area contributed by atoms with Crippen molar-refractivity contribution in [3.8, 4) is 0 Å². The van der Waals surface area contributed by atoms with Crippen molar-refractivity contribution in [2.75, 3.05) is 6.54 Å². The van der Waals surface area contributed by atoms with E-state index in [1.54, 1.807) is 0 Å². The normalized spacial score (nSPS) is 18.0. The Morgan fingerprint density at radius 3 is 2.88 bits per heavy atom. The Kier molecular flexibility index (Phi) is 4.60. The molecule has 3 nitrogen and oxygen atoms in total. The van der Waals surface area contributed by atoms with Crippen LogP contribution in [-0.4, -0.2) is 22.4 Å². The first-order valence-corrected chi connectivity index (χ1v) is 7.00. The summed E-state index contributed by atoms with van der Waals surface area (Å²) in [7, 11) is 1.99. The molecule has 0 bridgehead atoms. The van der Waals surface area contributed by atoms with Gasteiger partial charge in [-0.25, -0.2) is 0 Å². The monoisotopic (exact) mass is 235 g/mol. The maximum absolute atomic E-state index is 4.49. The smallest absolute Gasteiger partial charge is 0.0640 e. The molecule has 1 heterocycles. The average molecular weight is 235 g/mol. The standard InChI is InChI=1S/C14H25N3/c1-3-8-15-14(10-12-5-4-6-12)11-13-7-9-17(2)16-13/h7,9,12,14-15H,3-6,8,10-11H2,1-2H3. The van der Waals surface area contributed by atoms with Crippen molar-refractivity contribution in [1.29, 1.82) is 0 Å². The Bertz CT molecular complexity index is 328. The molecule has 1 aliphatic carbocycles. The van der Waals surface area contributed by atoms with Gasteiger partial charge in [0.15, 0.2) is 0 Å². The summed E-state index contributed by atoms with van der Waals surface area (Å²) in [5.74, 6) is 0.966. The molecule has 0 radical (unpaired) electrons. The number of hydrogen-bond acceptors (Lipinski definition) is 2. The van der Waals surface area contributed by atoms with Crippen molar-refractivity contribution in [3.63, 3.8) is 0 Å². The SMILES string of the molecule is CCCNC(Cc1ccn(C)n1)CC1CCC1. The number of hydrogen-bond donors (Lipinski definition) is 1. The highest BCUT2D eigenvalue weighted by Gasteiger charge is 2.22. The van der Waals surface area contributed by atoms with Gasteiger partial charge in [-0.2, -0.15) is 5.10 Å². The Hall–Kier alpha value is -0.830. The summed E-state index contributed by atoms with van der Waals surface area (Å²) in [6.07, 6.45) is 9.97. The molecule has 1 aromatic heterocycles. The molecule has 0 saturated heterocycles. The Morgan fingerprint density at radius 2 is 2.35 bits per heavy atom. The fraction of sp³-hybridized carbons (Fsp3) is 0.786. The van der Waals surface area contributed by atoms with E-state index in [4.69, 9.17) is 0 Å². The first kappa shape index (κ1) is 12.6. The molecule has 1 fully saturated rings. The van der Waals surface area contributed by atoms with Gasteiger partial charge in [-0.15, -0.1) is 0 Å². The van der Waals surface area contributed by atoms with E-state index in [1.807, 2.05) is 17.9 Å². The minimum atomic E-state index is 0.621. The second-order valence-corrected chi connectivity index (χ2v) is 5.37. The summed E-state index contributed by atoms with van der Waals surface area (Å²) in [6, 6.07) is 2.76. The summed E-state index contributed by atoms with van der Waals surface area (Å²) in [4.78, 5) is 0. The van der Waals surface area contributed by atoms with E-state index in [-0.39, 0.29) is 0 Å². The van der Waals surface area contributed by atoms with Gasteiger partial charge in [0.05, 0.1) is 5.69 Å². The fourth-order valence-electron chi connectivity index (χ4n) is 2.54. The lowest BCUT2D eigenvalue weighted by Gasteiger charge is -2.30. The van der Waals surface area contributed by atoms with E-state index in [0.717, 1.165) is 18.9 Å². The lowest BCUT2D eigenvalue weighted by molar-refractivity contribution is 0.258. The lowest BCUT2D eigenvalue weighted by atomic mass is 9.80. The second kappa shape index (κ2) is 6.20. The van der Waals surface area contributed by atoms with E-state index < -0.39 is 0 Å². The van der Waals surface area contributed by atoms with Gasteiger partial charge in [0.25, 0.3) is 0 Å². The van der Waals surface area contributed by atoms with E-state index in [0.29, 0.717) is 6.04 Å². The van der Waals surface area contributed by atoms with Crippen molar-refractivity contribution in [2.45, 2.75) is 51.5 Å². The summed E-state index contributed by atoms with van der Waals surface area (Å²) in [5, 5.41) is 8.16. The van der Waals surface area contributed by atoms with Gasteiger partial charge in [-0.3, -0.25) is 4.68 Å². The minimum absolute atomic E-state index is 0.621. The molecule has 1 N–H and O–H groups in total. The Labute approximate surface area is 105 Å². The van der Waals surface area contributed by atoms with Crippen LogP contribution in [-0.2, 0) is 13.5 Å². The molecule has 2 rings (SSSR count). The summed E-state index contributed by atoms with van der Waals surface area (Å²) in [5.41, 5.74) is 1.22. The van der Waals surface area contributed by atoms with Crippen LogP contribution >= 0.6 is 0 Å². The molecule has 1 saturated carbocycles. The van der Waals surface area contributed by atoms with Gasteiger partial charge in [-0.1, -0.05) is 26.2 Å². The molecule has 0 aliphatic heterocycles. The van der Waals surface area contributed by atoms with Crippen molar-refractivity contribution >= 4 is 0 Å². The van der Waals surface area contributed by atoms with E-state index in [9.17, 15) is 0 Å². The average Bonchev–Trinajstić information content (AvgIpc) is 2.65. The molecule has 1 aromatic rings. The topological polar surface area (TPSA) is 29.9 Å². The van der Waals surface area contributed by atoms with Crippen LogP contribution in [0.1, 0.15) is 44.7 Å². The number of rotatable bonds is 7. The highest BCUT2D eigenvalue weighted by atomic mass is 15.2. The first-order chi connectivity index (χ1) is 8.28. The molecular weight excluding hydrogens is 210 g/mol. The highest BCUT2D eigenvalue weighted by Crippen LogP contribution is 2.31. The first-order valence-electron chi connectivity index (χ1n) is 7.00. The molecule has 1 unspecified atom stereocenters. The van der Waals surface area contributed by atoms with Gasteiger partial charge >= 0.3 is 0 Å². The van der Waals surface area contributed by atoms with Crippen LogP contribution in [0.4, 0.5) is 0 Å². The number of nitrogens with zero attached hydrogens (tertiary/aromatic N) is 2. The maximum Gasteiger partial charge on any atom is 0.0640 e. The Morgan fingerprint density at radius 1 is 1.53 bits per heavy atom. The highest BCUT2D eigenvalue weighted by molar-refractivity contribution is 5.01. The summed E-state index contributed by atoms with van der Waals surface area (Å²) in [6.45, 7) is 3.36. The number of aromatic nitrogens is 2. The van der Waals surface area contributed by atoms with Gasteiger partial charge in [0.1, 0.15) is 0 Å². The molecule has 17 heavy (non-hydrogen) atoms. The van der Waals surface area contributed by atoms with Crippen LogP contribution in [0.2, 0.25) is 0 Å². The van der Waals surface area contributed by atoms with E-state index in [1.165, 1.54) is 37.8 Å². The second-order valence-electron chi connectivity index (χ2n) is 5.37. The van der Waals surface area contributed by atoms with Crippen LogP contribution in [0.15, 0.2) is 12.3 Å². The summed E-state index contributed by atoms with van der Waals surface area (Å²) < 4.78 is 1.90. The summed E-state index contributed by atoms with van der Waals surface area (Å²) >= 11 is 0. The third-order valence-electron chi connectivity index (χ3n) is 3.75. The fourth-order valence-corrected chi connectivity index (χ4v) is 2.54. The van der Waals surface area contributed by atoms with E-state index in [2.05, 4.69) is 23.4 Å². The van der Waals surface area contributed by atoms with Crippen LogP contribution < -0.4 is 5.32 Å². The van der Waals surface area contributed by atoms with Gasteiger partial charge in [0, 0.05) is 25.7 Å². The zero-order chi connectivity index (χ0) is 12.1. The molecule has 96 valence electrons. The van der Waals surface area contributed by atoms with Crippen molar-refractivity contribution < 1.29 is 0 Å². The van der Waals surface area contributed by atoms with Gasteiger partial charge in [0.2, 0.25) is 0 Å². The van der Waals surface area contributed by atoms with E-state index >= 15 is 0 Å². The molecule has 1 aliphatic rings. The largest absolute Gasteiger partial charge is 0.314 e. The van der Waals surface area contributed by atoms with Crippen LogP contribution in [0.5, 0.6) is 0 Å². The third-order valence-corrected chi connectivity index (χ3v) is 3.75. The molecular formula is C14H25N3. The van der Waals surface area contributed by atoms with Gasteiger partial charge < -0.3 is 5.32 Å².